The first kappa shape index (κ1) is 16.4. The predicted molar refractivity (Wildman–Crippen MR) is 54.6 cm³/mol. The van der Waals surface area contributed by atoms with Crippen molar-refractivity contribution in [1.29, 1.82) is 0 Å². The highest BCUT2D eigenvalue weighted by molar-refractivity contribution is 5.80. The van der Waals surface area contributed by atoms with E-state index in [1.807, 2.05) is 0 Å². The molecule has 0 bridgehead atoms. The summed E-state index contributed by atoms with van der Waals surface area (Å²) in [6, 6.07) is 0. The predicted octanol–water partition coefficient (Wildman–Crippen LogP) is -0.999. The van der Waals surface area contributed by atoms with Gasteiger partial charge in [-0.3, -0.25) is 4.79 Å². The zero-order valence-corrected chi connectivity index (χ0v) is 8.90. The first-order chi connectivity index (χ1) is 7.04. The zero-order valence-electron chi connectivity index (χ0n) is 8.90. The van der Waals surface area contributed by atoms with Gasteiger partial charge in [-0.15, -0.1) is 0 Å². The SMILES string of the molecule is CC(=O)CCC(=O)O.OCCNCCO. The van der Waals surface area contributed by atoms with Crippen molar-refractivity contribution in [1.82, 2.24) is 5.32 Å². The second-order valence-electron chi connectivity index (χ2n) is 2.79. The quantitative estimate of drug-likeness (QED) is 0.411. The molecule has 0 aromatic carbocycles. The van der Waals surface area contributed by atoms with Crippen LogP contribution in [0.15, 0.2) is 0 Å². The van der Waals surface area contributed by atoms with Gasteiger partial charge in [0, 0.05) is 19.5 Å². The fraction of sp³-hybridized carbons (Fsp3) is 0.778. The monoisotopic (exact) mass is 221 g/mol. The Balaban J connectivity index is 0. The molecule has 0 amide bonds. The summed E-state index contributed by atoms with van der Waals surface area (Å²) in [4.78, 5) is 19.8. The van der Waals surface area contributed by atoms with Crippen LogP contribution >= 0.6 is 0 Å². The number of hydrogen-bond acceptors (Lipinski definition) is 5. The molecule has 0 aliphatic rings. The summed E-state index contributed by atoms with van der Waals surface area (Å²) in [6.07, 6.45) is 0.102. The van der Waals surface area contributed by atoms with Crippen molar-refractivity contribution in [2.75, 3.05) is 26.3 Å². The Morgan fingerprint density at radius 2 is 1.53 bits per heavy atom. The van der Waals surface area contributed by atoms with Crippen LogP contribution in [0.4, 0.5) is 0 Å². The van der Waals surface area contributed by atoms with Crippen molar-refractivity contribution in [3.05, 3.63) is 0 Å². The van der Waals surface area contributed by atoms with E-state index in [1.54, 1.807) is 0 Å². The summed E-state index contributed by atoms with van der Waals surface area (Å²) in [5.41, 5.74) is 0. The minimum Gasteiger partial charge on any atom is -0.481 e. The van der Waals surface area contributed by atoms with Gasteiger partial charge in [-0.25, -0.2) is 0 Å². The molecule has 15 heavy (non-hydrogen) atoms. The van der Waals surface area contributed by atoms with Crippen LogP contribution in [0.25, 0.3) is 0 Å². The third-order valence-corrected chi connectivity index (χ3v) is 1.27. The van der Waals surface area contributed by atoms with Gasteiger partial charge in [0.2, 0.25) is 0 Å². The minimum atomic E-state index is -0.916. The number of carbonyl (C=O) groups excluding carboxylic acids is 1. The summed E-state index contributed by atoms with van der Waals surface area (Å²) < 4.78 is 0. The van der Waals surface area contributed by atoms with Crippen LogP contribution in [-0.2, 0) is 9.59 Å². The number of aliphatic hydroxyl groups is 2. The van der Waals surface area contributed by atoms with Gasteiger partial charge in [-0.1, -0.05) is 0 Å². The number of aliphatic carboxylic acids is 1. The molecule has 0 aliphatic heterocycles. The molecule has 0 aliphatic carbocycles. The van der Waals surface area contributed by atoms with Crippen LogP contribution < -0.4 is 5.32 Å². The molecule has 90 valence electrons. The van der Waals surface area contributed by atoms with Crippen molar-refractivity contribution >= 4 is 11.8 Å². The minimum absolute atomic E-state index is 0.0463. The molecule has 6 heteroatoms. The van der Waals surface area contributed by atoms with Gasteiger partial charge in [-0.05, 0) is 6.92 Å². The molecule has 0 saturated heterocycles. The first-order valence-corrected chi connectivity index (χ1v) is 4.68. The van der Waals surface area contributed by atoms with Crippen LogP contribution in [0.3, 0.4) is 0 Å². The highest BCUT2D eigenvalue weighted by Gasteiger charge is 1.97. The van der Waals surface area contributed by atoms with E-state index < -0.39 is 5.97 Å². The van der Waals surface area contributed by atoms with Gasteiger partial charge in [0.15, 0.2) is 0 Å². The van der Waals surface area contributed by atoms with E-state index in [-0.39, 0.29) is 31.8 Å². The number of aliphatic hydroxyl groups excluding tert-OH is 2. The maximum atomic E-state index is 10.1. The van der Waals surface area contributed by atoms with E-state index in [2.05, 4.69) is 5.32 Å². The average molecular weight is 221 g/mol. The van der Waals surface area contributed by atoms with Crippen LogP contribution in [0, 0.1) is 0 Å². The largest absolute Gasteiger partial charge is 0.481 e. The van der Waals surface area contributed by atoms with Crippen LogP contribution in [0.5, 0.6) is 0 Å². The number of nitrogens with one attached hydrogen (secondary N) is 1. The fourth-order valence-electron chi connectivity index (χ4n) is 0.566. The molecular formula is C9H19NO5. The second-order valence-corrected chi connectivity index (χ2v) is 2.79. The molecule has 4 N–H and O–H groups in total. The van der Waals surface area contributed by atoms with E-state index in [0.717, 1.165) is 0 Å². The van der Waals surface area contributed by atoms with E-state index >= 15 is 0 Å². The lowest BCUT2D eigenvalue weighted by Gasteiger charge is -1.94. The summed E-state index contributed by atoms with van der Waals surface area (Å²) in [5.74, 6) is -0.993. The molecule has 0 heterocycles. The van der Waals surface area contributed by atoms with Gasteiger partial charge < -0.3 is 25.4 Å². The Morgan fingerprint density at radius 3 is 1.73 bits per heavy atom. The molecule has 0 fully saturated rings. The number of hydrogen-bond donors (Lipinski definition) is 4. The third kappa shape index (κ3) is 24.6. The maximum absolute atomic E-state index is 10.1. The van der Waals surface area contributed by atoms with Crippen molar-refractivity contribution in [2.45, 2.75) is 19.8 Å². The molecule has 0 aromatic heterocycles. The summed E-state index contributed by atoms with van der Waals surface area (Å²) in [7, 11) is 0. The molecule has 0 radical (unpaired) electrons. The van der Waals surface area contributed by atoms with E-state index in [4.69, 9.17) is 15.3 Å². The second kappa shape index (κ2) is 13.0. The molecular weight excluding hydrogens is 202 g/mol. The number of Topliss-reactive ketones (excluding diaryl/α,β-unsaturated/α-hetero) is 1. The molecule has 0 rings (SSSR count). The Kier molecular flexibility index (Phi) is 14.3. The number of carboxylic acids is 1. The molecule has 0 atom stereocenters. The number of rotatable bonds is 7. The highest BCUT2D eigenvalue weighted by atomic mass is 16.4. The van der Waals surface area contributed by atoms with Crippen LogP contribution in [0.1, 0.15) is 19.8 Å². The zero-order chi connectivity index (χ0) is 12.1. The van der Waals surface area contributed by atoms with Crippen LogP contribution in [-0.4, -0.2) is 53.4 Å². The smallest absolute Gasteiger partial charge is 0.303 e. The summed E-state index contributed by atoms with van der Waals surface area (Å²) in [5, 5.41) is 27.1. The van der Waals surface area contributed by atoms with Gasteiger partial charge in [0.1, 0.15) is 5.78 Å². The number of carboxylic acid groups (broad SMARTS) is 1. The Morgan fingerprint density at radius 1 is 1.07 bits per heavy atom. The molecule has 0 spiro atoms. The summed E-state index contributed by atoms with van der Waals surface area (Å²) >= 11 is 0. The topological polar surface area (TPSA) is 107 Å². The van der Waals surface area contributed by atoms with Crippen molar-refractivity contribution < 1.29 is 24.9 Å². The van der Waals surface area contributed by atoms with Crippen LogP contribution in [0.2, 0.25) is 0 Å². The molecule has 0 aromatic rings. The lowest BCUT2D eigenvalue weighted by molar-refractivity contribution is -0.138. The van der Waals surface area contributed by atoms with Gasteiger partial charge in [0.05, 0.1) is 19.6 Å². The van der Waals surface area contributed by atoms with E-state index in [1.165, 1.54) is 6.92 Å². The Labute approximate surface area is 88.9 Å². The third-order valence-electron chi connectivity index (χ3n) is 1.27. The van der Waals surface area contributed by atoms with Gasteiger partial charge in [-0.2, -0.15) is 0 Å². The van der Waals surface area contributed by atoms with Crippen molar-refractivity contribution in [3.63, 3.8) is 0 Å². The van der Waals surface area contributed by atoms with Crippen molar-refractivity contribution in [3.8, 4) is 0 Å². The lowest BCUT2D eigenvalue weighted by atomic mass is 10.2. The molecule has 0 saturated carbocycles. The number of carbonyl (C=O) groups is 2. The highest BCUT2D eigenvalue weighted by Crippen LogP contribution is 1.87. The van der Waals surface area contributed by atoms with E-state index in [0.29, 0.717) is 13.1 Å². The maximum Gasteiger partial charge on any atom is 0.303 e. The summed E-state index contributed by atoms with van der Waals surface area (Å²) in [6.45, 7) is 2.80. The Hall–Kier alpha value is -0.980. The van der Waals surface area contributed by atoms with Gasteiger partial charge in [0.25, 0.3) is 0 Å². The average Bonchev–Trinajstić information content (AvgIpc) is 2.17. The van der Waals surface area contributed by atoms with E-state index in [9.17, 15) is 9.59 Å². The molecule has 6 nitrogen and oxygen atoms in total. The molecule has 0 unspecified atom stereocenters. The lowest BCUT2D eigenvalue weighted by Crippen LogP contribution is -2.21. The fourth-order valence-corrected chi connectivity index (χ4v) is 0.566. The number of ketones is 1. The first-order valence-electron chi connectivity index (χ1n) is 4.68. The Bertz CT molecular complexity index is 154. The van der Waals surface area contributed by atoms with Crippen molar-refractivity contribution in [2.24, 2.45) is 0 Å². The van der Waals surface area contributed by atoms with Gasteiger partial charge >= 0.3 is 5.97 Å². The standard InChI is InChI=1S/C5H8O3.C4H11NO2/c1-4(6)2-3-5(7)8;6-3-1-5-2-4-7/h2-3H2,1H3,(H,7,8);5-7H,1-4H2. The normalized spacial score (nSPS) is 9.00.